The third kappa shape index (κ3) is 5.33. The van der Waals surface area contributed by atoms with Crippen LogP contribution in [-0.4, -0.2) is 95.7 Å². The highest BCUT2D eigenvalue weighted by Crippen LogP contribution is 2.41. The molecule has 18 heteroatoms. The molecule has 3 aliphatic heterocycles. The summed E-state index contributed by atoms with van der Waals surface area (Å²) in [7, 11) is 1.24. The van der Waals surface area contributed by atoms with Gasteiger partial charge in [-0.2, -0.15) is 9.36 Å². The molecule has 1 saturated heterocycles. The number of oxime groups is 1. The number of carboxylic acids is 1. The normalized spacial score (nSPS) is 23.3. The number of rotatable bonds is 9. The first kappa shape index (κ1) is 27.4. The van der Waals surface area contributed by atoms with E-state index in [2.05, 4.69) is 31.4 Å². The van der Waals surface area contributed by atoms with E-state index >= 15 is 0 Å². The summed E-state index contributed by atoms with van der Waals surface area (Å²) >= 11 is 3.46. The van der Waals surface area contributed by atoms with Crippen molar-refractivity contribution in [2.24, 2.45) is 21.6 Å². The topological polar surface area (TPSA) is 228 Å². The second kappa shape index (κ2) is 11.4. The second-order valence-corrected chi connectivity index (χ2v) is 10.7. The number of thioether (sulfide) groups is 2. The first-order chi connectivity index (χ1) is 18.2. The van der Waals surface area contributed by atoms with Crippen LogP contribution in [0.2, 0.25) is 0 Å². The molecule has 4 rings (SSSR count). The minimum atomic E-state index is -1.25. The molecule has 3 atom stereocenters. The molecule has 38 heavy (non-hydrogen) atoms. The lowest BCUT2D eigenvalue weighted by atomic mass is 10.0. The van der Waals surface area contributed by atoms with Crippen molar-refractivity contribution in [1.82, 2.24) is 24.5 Å². The number of aliphatic carboxylic acids is 1. The van der Waals surface area contributed by atoms with E-state index < -0.39 is 35.4 Å². The van der Waals surface area contributed by atoms with Crippen LogP contribution in [-0.2, 0) is 19.2 Å². The Morgan fingerprint density at radius 3 is 2.84 bits per heavy atom. The summed E-state index contributed by atoms with van der Waals surface area (Å²) in [4.78, 5) is 54.0. The van der Waals surface area contributed by atoms with Gasteiger partial charge in [-0.05, 0) is 11.6 Å². The monoisotopic (exact) mass is 580 g/mol. The summed E-state index contributed by atoms with van der Waals surface area (Å²) in [6.07, 6.45) is 2.77. The number of β-lactam (4-membered cyclic amide) rings is 1. The Morgan fingerprint density at radius 1 is 1.45 bits per heavy atom. The average molecular weight is 581 g/mol. The minimum absolute atomic E-state index is 0.0523. The maximum absolute atomic E-state index is 13.0. The van der Waals surface area contributed by atoms with Gasteiger partial charge in [0.05, 0.1) is 0 Å². The zero-order valence-corrected chi connectivity index (χ0v) is 22.4. The van der Waals surface area contributed by atoms with Crippen molar-refractivity contribution in [1.29, 1.82) is 0 Å². The van der Waals surface area contributed by atoms with Gasteiger partial charge >= 0.3 is 5.97 Å². The standard InChI is InChI=1S/C20H24N10O5S3/c1-3-4-29-10(22)5-9(21)24-20(29)37-7-8-6-36-17-12(16(32)30(17)13(8)18(33)34)25-15(31)11(27-35-2)14-26-19(23)38-28-14/h3,5,10,12,17H,1,4,6-7,21-22H2,2H3,(H,25,31)(H,33,34)(H2,23,26,28)/b27-11-/t10?,12?,17-/m0/s1. The number of nitrogens with two attached hydrogens (primary N) is 3. The first-order valence-corrected chi connectivity index (χ1v) is 13.7. The van der Waals surface area contributed by atoms with E-state index in [1.54, 1.807) is 17.1 Å². The van der Waals surface area contributed by atoms with Crippen molar-refractivity contribution in [3.8, 4) is 0 Å². The Kier molecular flexibility index (Phi) is 8.24. The van der Waals surface area contributed by atoms with E-state index in [9.17, 15) is 19.5 Å². The molecule has 0 spiro atoms. The molecule has 8 N–H and O–H groups in total. The highest BCUT2D eigenvalue weighted by molar-refractivity contribution is 8.14. The second-order valence-electron chi connectivity index (χ2n) is 7.90. The third-order valence-corrected chi connectivity index (χ3v) is 8.42. The minimum Gasteiger partial charge on any atom is -0.477 e. The van der Waals surface area contributed by atoms with Crippen molar-refractivity contribution in [3.05, 3.63) is 41.6 Å². The Bertz CT molecular complexity index is 1290. The number of aliphatic imine (C=N–C) groups is 1. The number of carbonyl (C=O) groups is 3. The van der Waals surface area contributed by atoms with Gasteiger partial charge in [-0.25, -0.2) is 9.79 Å². The van der Waals surface area contributed by atoms with Crippen molar-refractivity contribution in [2.75, 3.05) is 30.9 Å². The van der Waals surface area contributed by atoms with Crippen LogP contribution in [0.3, 0.4) is 0 Å². The number of fused-ring (bicyclic) bond motifs is 1. The molecule has 202 valence electrons. The highest BCUT2D eigenvalue weighted by atomic mass is 32.2. The molecule has 1 aromatic rings. The first-order valence-electron chi connectivity index (χ1n) is 10.9. The molecule has 0 radical (unpaired) electrons. The van der Waals surface area contributed by atoms with E-state index in [4.69, 9.17) is 22.0 Å². The van der Waals surface area contributed by atoms with Crippen LogP contribution >= 0.6 is 35.1 Å². The van der Waals surface area contributed by atoms with Crippen LogP contribution in [0.25, 0.3) is 0 Å². The van der Waals surface area contributed by atoms with Crippen LogP contribution in [0.4, 0.5) is 5.13 Å². The smallest absolute Gasteiger partial charge is 0.352 e. The van der Waals surface area contributed by atoms with Crippen molar-refractivity contribution in [2.45, 2.75) is 17.6 Å². The van der Waals surface area contributed by atoms with Crippen LogP contribution in [0.5, 0.6) is 0 Å². The van der Waals surface area contributed by atoms with Gasteiger partial charge in [0, 0.05) is 29.6 Å². The summed E-state index contributed by atoms with van der Waals surface area (Å²) in [5.41, 5.74) is 17.7. The molecule has 0 saturated carbocycles. The molecule has 1 fully saturated rings. The van der Waals surface area contributed by atoms with Crippen molar-refractivity contribution in [3.63, 3.8) is 0 Å². The lowest BCUT2D eigenvalue weighted by molar-refractivity contribution is -0.150. The number of amides is 2. The Labute approximate surface area is 229 Å². The number of carbonyl (C=O) groups excluding carboxylic acids is 2. The number of hydrogen-bond donors (Lipinski definition) is 5. The molecule has 0 aliphatic carbocycles. The quantitative estimate of drug-likeness (QED) is 0.101. The zero-order valence-electron chi connectivity index (χ0n) is 19.9. The SMILES string of the molecule is C=CCN1C(SCC2=C(C(=O)O)N3C(=O)C(NC(=O)/C(=N\OC)c4nsc(N)n4)[C@@H]3SC2)=NC(N)=CC1N. The number of nitrogens with one attached hydrogen (secondary N) is 1. The van der Waals surface area contributed by atoms with E-state index in [1.165, 1.54) is 35.5 Å². The fraction of sp³-hybridized carbons (Fsp3) is 0.350. The van der Waals surface area contributed by atoms with Gasteiger partial charge in [0.2, 0.25) is 11.5 Å². The molecular weight excluding hydrogens is 556 g/mol. The number of carboxylic acid groups (broad SMARTS) is 1. The molecule has 0 bridgehead atoms. The van der Waals surface area contributed by atoms with E-state index in [0.29, 0.717) is 23.0 Å². The number of nitrogens with zero attached hydrogens (tertiary/aromatic N) is 6. The van der Waals surface area contributed by atoms with Crippen LogP contribution in [0.1, 0.15) is 5.82 Å². The predicted octanol–water partition coefficient (Wildman–Crippen LogP) is -1.11. The molecule has 4 heterocycles. The number of aromatic nitrogens is 2. The number of nitrogen functional groups attached to an aromatic ring is 1. The molecule has 1 aromatic heterocycles. The fourth-order valence-corrected chi connectivity index (χ4v) is 6.80. The summed E-state index contributed by atoms with van der Waals surface area (Å²) < 4.78 is 3.95. The summed E-state index contributed by atoms with van der Waals surface area (Å²) in [6, 6.07) is -0.983. The molecule has 15 nitrogen and oxygen atoms in total. The average Bonchev–Trinajstić information content (AvgIpc) is 3.31. The van der Waals surface area contributed by atoms with Gasteiger partial charge in [-0.3, -0.25) is 14.5 Å². The van der Waals surface area contributed by atoms with Crippen LogP contribution < -0.4 is 22.5 Å². The van der Waals surface area contributed by atoms with Gasteiger partial charge in [0.1, 0.15) is 36.2 Å². The molecular formula is C20H24N10O5S3. The highest BCUT2D eigenvalue weighted by Gasteiger charge is 2.54. The van der Waals surface area contributed by atoms with Gasteiger partial charge in [-0.15, -0.1) is 18.3 Å². The Balaban J connectivity index is 1.49. The van der Waals surface area contributed by atoms with Crippen LogP contribution in [0, 0.1) is 0 Å². The van der Waals surface area contributed by atoms with E-state index in [0.717, 1.165) is 11.5 Å². The maximum atomic E-state index is 13.0. The lowest BCUT2D eigenvalue weighted by Gasteiger charge is -2.49. The molecule has 0 aromatic carbocycles. The van der Waals surface area contributed by atoms with Gasteiger partial charge in [-0.1, -0.05) is 23.0 Å². The lowest BCUT2D eigenvalue weighted by Crippen LogP contribution is -2.71. The zero-order chi connectivity index (χ0) is 27.6. The number of hydrogen-bond acceptors (Lipinski definition) is 15. The van der Waals surface area contributed by atoms with Crippen molar-refractivity contribution < 1.29 is 24.3 Å². The summed E-state index contributed by atoms with van der Waals surface area (Å²) in [5.74, 6) is -1.84. The Morgan fingerprint density at radius 2 is 2.21 bits per heavy atom. The number of amidine groups is 1. The summed E-state index contributed by atoms with van der Waals surface area (Å²) in [5, 5.41) is 16.2. The maximum Gasteiger partial charge on any atom is 0.352 e. The van der Waals surface area contributed by atoms with Crippen LogP contribution in [0.15, 0.2) is 46.0 Å². The Hall–Kier alpha value is -3.61. The molecule has 3 aliphatic rings. The van der Waals surface area contributed by atoms with E-state index in [1.807, 2.05) is 0 Å². The predicted molar refractivity (Wildman–Crippen MR) is 145 cm³/mol. The van der Waals surface area contributed by atoms with Gasteiger partial charge in [0.15, 0.2) is 10.3 Å². The van der Waals surface area contributed by atoms with Crippen molar-refractivity contribution >= 4 is 68.9 Å². The number of anilines is 1. The van der Waals surface area contributed by atoms with E-state index in [-0.39, 0.29) is 33.9 Å². The fourth-order valence-electron chi connectivity index (χ4n) is 3.82. The largest absolute Gasteiger partial charge is 0.477 e. The van der Waals surface area contributed by atoms with Gasteiger partial charge in [0.25, 0.3) is 11.8 Å². The summed E-state index contributed by atoms with van der Waals surface area (Å²) in [6.45, 7) is 4.14. The van der Waals surface area contributed by atoms with Gasteiger partial charge < -0.3 is 37.4 Å². The third-order valence-electron chi connectivity index (χ3n) is 5.46. The molecule has 2 amide bonds. The molecule has 2 unspecified atom stereocenters.